The van der Waals surface area contributed by atoms with E-state index < -0.39 is 0 Å². The quantitative estimate of drug-likeness (QED) is 0.349. The molecule has 0 aromatic heterocycles. The predicted molar refractivity (Wildman–Crippen MR) is 52.4 cm³/mol. The largest absolute Gasteiger partial charge is 0.0831 e. The van der Waals surface area contributed by atoms with Gasteiger partial charge in [0.05, 0.1) is 3.92 Å². The molecule has 0 saturated heterocycles. The van der Waals surface area contributed by atoms with E-state index in [9.17, 15) is 0 Å². The van der Waals surface area contributed by atoms with Crippen molar-refractivity contribution in [2.24, 2.45) is 0 Å². The maximum Gasteiger partial charge on any atom is 0.0501 e. The standard InChI is InChI=1S/C9H11I/c10-9-6-2-4-7-3-1-5-8(7)9/h2,6,9H,1,3-5H2. The van der Waals surface area contributed by atoms with E-state index in [1.807, 2.05) is 0 Å². The van der Waals surface area contributed by atoms with Gasteiger partial charge in [-0.05, 0) is 25.7 Å². The summed E-state index contributed by atoms with van der Waals surface area (Å²) >= 11 is 2.53. The Bertz CT molecular complexity index is 201. The summed E-state index contributed by atoms with van der Waals surface area (Å²) in [6.45, 7) is 0. The Morgan fingerprint density at radius 1 is 1.40 bits per heavy atom. The fraction of sp³-hybridized carbons (Fsp3) is 0.556. The zero-order valence-electron chi connectivity index (χ0n) is 5.94. The Labute approximate surface area is 75.5 Å². The van der Waals surface area contributed by atoms with E-state index in [0.29, 0.717) is 0 Å². The van der Waals surface area contributed by atoms with Crippen molar-refractivity contribution in [3.05, 3.63) is 23.3 Å². The van der Waals surface area contributed by atoms with Crippen molar-refractivity contribution in [2.45, 2.75) is 29.6 Å². The molecule has 0 aromatic rings. The summed E-state index contributed by atoms with van der Waals surface area (Å²) < 4.78 is 0.726. The molecule has 0 heterocycles. The van der Waals surface area contributed by atoms with Crippen molar-refractivity contribution >= 4 is 22.6 Å². The average Bonchev–Trinajstić information content (AvgIpc) is 2.36. The summed E-state index contributed by atoms with van der Waals surface area (Å²) in [5, 5.41) is 0. The Morgan fingerprint density at radius 2 is 2.30 bits per heavy atom. The molecule has 1 atom stereocenters. The molecular formula is C9H11I. The van der Waals surface area contributed by atoms with Gasteiger partial charge in [-0.2, -0.15) is 0 Å². The SMILES string of the molecule is IC1C=CCC2=C1CCC2. The van der Waals surface area contributed by atoms with Crippen molar-refractivity contribution in [2.75, 3.05) is 0 Å². The molecule has 0 bridgehead atoms. The van der Waals surface area contributed by atoms with Crippen LogP contribution in [-0.2, 0) is 0 Å². The predicted octanol–water partition coefficient (Wildman–Crippen LogP) is 3.23. The Kier molecular flexibility index (Phi) is 1.85. The molecule has 1 unspecified atom stereocenters. The monoisotopic (exact) mass is 246 g/mol. The fourth-order valence-corrected chi connectivity index (χ4v) is 2.89. The Morgan fingerprint density at radius 3 is 3.10 bits per heavy atom. The highest BCUT2D eigenvalue weighted by molar-refractivity contribution is 14.1. The molecule has 0 N–H and O–H groups in total. The van der Waals surface area contributed by atoms with Crippen LogP contribution in [0.15, 0.2) is 23.3 Å². The summed E-state index contributed by atoms with van der Waals surface area (Å²) in [6.07, 6.45) is 10.1. The van der Waals surface area contributed by atoms with Gasteiger partial charge in [0.25, 0.3) is 0 Å². The first-order valence-corrected chi connectivity index (χ1v) is 5.14. The fourth-order valence-electron chi connectivity index (χ4n) is 1.84. The van der Waals surface area contributed by atoms with Crippen LogP contribution in [0.5, 0.6) is 0 Å². The number of allylic oxidation sites excluding steroid dienone is 4. The highest BCUT2D eigenvalue weighted by Crippen LogP contribution is 2.37. The van der Waals surface area contributed by atoms with Gasteiger partial charge in [0.1, 0.15) is 0 Å². The number of halogens is 1. The maximum atomic E-state index is 2.53. The van der Waals surface area contributed by atoms with Crippen molar-refractivity contribution in [3.63, 3.8) is 0 Å². The Balaban J connectivity index is 2.26. The summed E-state index contributed by atoms with van der Waals surface area (Å²) in [4.78, 5) is 0. The summed E-state index contributed by atoms with van der Waals surface area (Å²) in [6, 6.07) is 0. The summed E-state index contributed by atoms with van der Waals surface area (Å²) in [5.74, 6) is 0. The van der Waals surface area contributed by atoms with Gasteiger partial charge in [0.2, 0.25) is 0 Å². The molecule has 54 valence electrons. The molecule has 0 aromatic carbocycles. The van der Waals surface area contributed by atoms with E-state index in [1.54, 1.807) is 11.1 Å². The first-order chi connectivity index (χ1) is 4.88. The second-order valence-electron chi connectivity index (χ2n) is 3.02. The van der Waals surface area contributed by atoms with Crippen LogP contribution in [-0.4, -0.2) is 3.92 Å². The number of alkyl halides is 1. The van der Waals surface area contributed by atoms with Crippen LogP contribution in [0.1, 0.15) is 25.7 Å². The average molecular weight is 246 g/mol. The van der Waals surface area contributed by atoms with Gasteiger partial charge < -0.3 is 0 Å². The highest BCUT2D eigenvalue weighted by atomic mass is 127. The minimum atomic E-state index is 0.726. The lowest BCUT2D eigenvalue weighted by Crippen LogP contribution is -2.01. The molecular weight excluding hydrogens is 235 g/mol. The van der Waals surface area contributed by atoms with E-state index in [1.165, 1.54) is 25.7 Å². The second kappa shape index (κ2) is 2.68. The van der Waals surface area contributed by atoms with Crippen LogP contribution >= 0.6 is 22.6 Å². The van der Waals surface area contributed by atoms with Crippen LogP contribution in [0.2, 0.25) is 0 Å². The van der Waals surface area contributed by atoms with Crippen LogP contribution in [0.3, 0.4) is 0 Å². The lowest BCUT2D eigenvalue weighted by atomic mass is 10.0. The first kappa shape index (κ1) is 6.89. The molecule has 2 rings (SSSR count). The van der Waals surface area contributed by atoms with Crippen LogP contribution in [0.4, 0.5) is 0 Å². The van der Waals surface area contributed by atoms with Crippen molar-refractivity contribution in [1.29, 1.82) is 0 Å². The topological polar surface area (TPSA) is 0 Å². The molecule has 0 fully saturated rings. The number of hydrogen-bond acceptors (Lipinski definition) is 0. The van der Waals surface area contributed by atoms with Gasteiger partial charge in [0, 0.05) is 0 Å². The van der Waals surface area contributed by atoms with Crippen molar-refractivity contribution < 1.29 is 0 Å². The lowest BCUT2D eigenvalue weighted by Gasteiger charge is -2.13. The van der Waals surface area contributed by atoms with Gasteiger partial charge in [0.15, 0.2) is 0 Å². The van der Waals surface area contributed by atoms with E-state index in [4.69, 9.17) is 0 Å². The van der Waals surface area contributed by atoms with Crippen molar-refractivity contribution in [3.8, 4) is 0 Å². The first-order valence-electron chi connectivity index (χ1n) is 3.89. The van der Waals surface area contributed by atoms with Gasteiger partial charge >= 0.3 is 0 Å². The van der Waals surface area contributed by atoms with Crippen LogP contribution in [0, 0.1) is 0 Å². The highest BCUT2D eigenvalue weighted by Gasteiger charge is 2.20. The normalized spacial score (nSPS) is 31.1. The van der Waals surface area contributed by atoms with Gasteiger partial charge in [-0.15, -0.1) is 0 Å². The summed E-state index contributed by atoms with van der Waals surface area (Å²) in [7, 11) is 0. The van der Waals surface area contributed by atoms with Crippen molar-refractivity contribution in [1.82, 2.24) is 0 Å². The molecule has 0 nitrogen and oxygen atoms in total. The third kappa shape index (κ3) is 1.04. The molecule has 0 radical (unpaired) electrons. The molecule has 1 heteroatoms. The molecule has 2 aliphatic rings. The zero-order valence-corrected chi connectivity index (χ0v) is 8.10. The van der Waals surface area contributed by atoms with E-state index in [0.717, 1.165) is 3.92 Å². The minimum absolute atomic E-state index is 0.726. The smallest absolute Gasteiger partial charge is 0.0501 e. The van der Waals surface area contributed by atoms with E-state index in [-0.39, 0.29) is 0 Å². The summed E-state index contributed by atoms with van der Waals surface area (Å²) in [5.41, 5.74) is 3.48. The third-order valence-electron chi connectivity index (χ3n) is 2.38. The Hall–Kier alpha value is 0.210. The molecule has 0 saturated carbocycles. The molecule has 0 amide bonds. The zero-order chi connectivity index (χ0) is 6.97. The minimum Gasteiger partial charge on any atom is -0.0831 e. The number of rotatable bonds is 0. The lowest BCUT2D eigenvalue weighted by molar-refractivity contribution is 0.885. The van der Waals surface area contributed by atoms with Gasteiger partial charge in [-0.1, -0.05) is 45.9 Å². The molecule has 0 spiro atoms. The molecule has 10 heavy (non-hydrogen) atoms. The van der Waals surface area contributed by atoms with E-state index >= 15 is 0 Å². The number of hydrogen-bond donors (Lipinski definition) is 0. The molecule has 2 aliphatic carbocycles. The second-order valence-corrected chi connectivity index (χ2v) is 4.36. The van der Waals surface area contributed by atoms with Gasteiger partial charge in [-0.25, -0.2) is 0 Å². The molecule has 0 aliphatic heterocycles. The van der Waals surface area contributed by atoms with Crippen LogP contribution in [0.25, 0.3) is 0 Å². The van der Waals surface area contributed by atoms with E-state index in [2.05, 4.69) is 34.7 Å². The third-order valence-corrected chi connectivity index (χ3v) is 3.55. The maximum absolute atomic E-state index is 2.53. The van der Waals surface area contributed by atoms with Gasteiger partial charge in [-0.3, -0.25) is 0 Å². The van der Waals surface area contributed by atoms with Crippen LogP contribution < -0.4 is 0 Å².